The highest BCUT2D eigenvalue weighted by Crippen LogP contribution is 2.24. The predicted octanol–water partition coefficient (Wildman–Crippen LogP) is 4.30. The number of nitrogens with zero attached hydrogens (tertiary/aromatic N) is 2. The van der Waals surface area contributed by atoms with Crippen molar-refractivity contribution in [1.29, 1.82) is 0 Å². The number of aryl methyl sites for hydroxylation is 1. The molecule has 0 spiro atoms. The second kappa shape index (κ2) is 5.40. The standard InChI is InChI=1S/C13H11ClF2N2/c1-2-10-7-11(14)18-13(17-10)9-5-3-4-8(6-9)12(15)16/h3-7,12H,2H2,1H3. The van der Waals surface area contributed by atoms with Gasteiger partial charge in [0.2, 0.25) is 0 Å². The van der Waals surface area contributed by atoms with E-state index in [1.165, 1.54) is 12.1 Å². The Bertz CT molecular complexity index is 558. The third kappa shape index (κ3) is 2.82. The van der Waals surface area contributed by atoms with Crippen molar-refractivity contribution in [3.05, 3.63) is 46.7 Å². The maximum absolute atomic E-state index is 12.6. The summed E-state index contributed by atoms with van der Waals surface area (Å²) < 4.78 is 25.2. The minimum absolute atomic E-state index is 0.0471. The molecule has 94 valence electrons. The lowest BCUT2D eigenvalue weighted by Gasteiger charge is -2.05. The molecule has 5 heteroatoms. The Hall–Kier alpha value is -1.55. The van der Waals surface area contributed by atoms with E-state index in [2.05, 4.69) is 9.97 Å². The van der Waals surface area contributed by atoms with Gasteiger partial charge in [-0.1, -0.05) is 36.7 Å². The highest BCUT2D eigenvalue weighted by molar-refractivity contribution is 6.29. The summed E-state index contributed by atoms with van der Waals surface area (Å²) in [7, 11) is 0. The van der Waals surface area contributed by atoms with Crippen molar-refractivity contribution in [2.24, 2.45) is 0 Å². The zero-order valence-electron chi connectivity index (χ0n) is 9.70. The van der Waals surface area contributed by atoms with Crippen LogP contribution in [0, 0.1) is 0 Å². The summed E-state index contributed by atoms with van der Waals surface area (Å²) >= 11 is 5.88. The highest BCUT2D eigenvalue weighted by atomic mass is 35.5. The number of alkyl halides is 2. The molecule has 1 aromatic carbocycles. The van der Waals surface area contributed by atoms with Crippen molar-refractivity contribution in [2.75, 3.05) is 0 Å². The number of rotatable bonds is 3. The summed E-state index contributed by atoms with van der Waals surface area (Å²) in [5, 5.41) is 0.319. The molecule has 1 aromatic heterocycles. The van der Waals surface area contributed by atoms with Crippen LogP contribution in [0.1, 0.15) is 24.6 Å². The van der Waals surface area contributed by atoms with Crippen molar-refractivity contribution in [1.82, 2.24) is 9.97 Å². The van der Waals surface area contributed by atoms with Gasteiger partial charge < -0.3 is 0 Å². The fourth-order valence-corrected chi connectivity index (χ4v) is 1.79. The van der Waals surface area contributed by atoms with Gasteiger partial charge in [-0.15, -0.1) is 0 Å². The SMILES string of the molecule is CCc1cc(Cl)nc(-c2cccc(C(F)F)c2)n1. The van der Waals surface area contributed by atoms with E-state index in [1.54, 1.807) is 18.2 Å². The van der Waals surface area contributed by atoms with Gasteiger partial charge in [-0.05, 0) is 18.6 Å². The van der Waals surface area contributed by atoms with Crippen LogP contribution in [0.4, 0.5) is 8.78 Å². The molecule has 18 heavy (non-hydrogen) atoms. The average Bonchev–Trinajstić information content (AvgIpc) is 2.38. The zero-order chi connectivity index (χ0) is 13.1. The Morgan fingerprint density at radius 2 is 2.00 bits per heavy atom. The van der Waals surface area contributed by atoms with Gasteiger partial charge in [-0.2, -0.15) is 0 Å². The summed E-state index contributed by atoms with van der Waals surface area (Å²) in [6.07, 6.45) is -1.79. The molecule has 1 heterocycles. The molecule has 2 nitrogen and oxygen atoms in total. The van der Waals surface area contributed by atoms with E-state index in [-0.39, 0.29) is 5.56 Å². The van der Waals surface area contributed by atoms with Crippen LogP contribution in [0.5, 0.6) is 0 Å². The first-order valence-corrected chi connectivity index (χ1v) is 5.90. The molecule has 0 fully saturated rings. The third-order valence-corrected chi connectivity index (χ3v) is 2.70. The molecule has 0 amide bonds. The quantitative estimate of drug-likeness (QED) is 0.776. The number of halogens is 3. The molecular weight excluding hydrogens is 258 g/mol. The average molecular weight is 269 g/mol. The first-order chi connectivity index (χ1) is 8.60. The summed E-state index contributed by atoms with van der Waals surface area (Å²) in [4.78, 5) is 8.34. The van der Waals surface area contributed by atoms with Gasteiger partial charge in [-0.25, -0.2) is 18.7 Å². The minimum Gasteiger partial charge on any atom is -0.233 e. The molecule has 0 aliphatic carbocycles. The van der Waals surface area contributed by atoms with Crippen molar-refractivity contribution < 1.29 is 8.78 Å². The van der Waals surface area contributed by atoms with Crippen molar-refractivity contribution in [2.45, 2.75) is 19.8 Å². The smallest absolute Gasteiger partial charge is 0.233 e. The predicted molar refractivity (Wildman–Crippen MR) is 66.8 cm³/mol. The van der Waals surface area contributed by atoms with Crippen LogP contribution in [-0.4, -0.2) is 9.97 Å². The third-order valence-electron chi connectivity index (χ3n) is 2.51. The van der Waals surface area contributed by atoms with Gasteiger partial charge in [0.1, 0.15) is 5.15 Å². The summed E-state index contributed by atoms with van der Waals surface area (Å²) in [5.74, 6) is 0.377. The van der Waals surface area contributed by atoms with Gasteiger partial charge in [0.05, 0.1) is 0 Å². The van der Waals surface area contributed by atoms with Crippen molar-refractivity contribution in [3.63, 3.8) is 0 Å². The van der Waals surface area contributed by atoms with Crippen LogP contribution >= 0.6 is 11.6 Å². The molecule has 0 saturated carbocycles. The van der Waals surface area contributed by atoms with Crippen molar-refractivity contribution >= 4 is 11.6 Å². The number of aromatic nitrogens is 2. The molecular formula is C13H11ClF2N2. The Morgan fingerprint density at radius 3 is 2.67 bits per heavy atom. The zero-order valence-corrected chi connectivity index (χ0v) is 10.5. The molecule has 0 unspecified atom stereocenters. The molecule has 0 radical (unpaired) electrons. The van der Waals surface area contributed by atoms with E-state index in [0.717, 1.165) is 5.69 Å². The second-order valence-corrected chi connectivity index (χ2v) is 4.17. The Morgan fingerprint density at radius 1 is 1.22 bits per heavy atom. The van der Waals surface area contributed by atoms with E-state index >= 15 is 0 Å². The first-order valence-electron chi connectivity index (χ1n) is 5.52. The van der Waals surface area contributed by atoms with E-state index in [4.69, 9.17) is 11.6 Å². The largest absolute Gasteiger partial charge is 0.263 e. The van der Waals surface area contributed by atoms with Gasteiger partial charge >= 0.3 is 0 Å². The molecule has 0 N–H and O–H groups in total. The van der Waals surface area contributed by atoms with E-state index in [0.29, 0.717) is 23.0 Å². The number of hydrogen-bond acceptors (Lipinski definition) is 2. The molecule has 0 aliphatic heterocycles. The first kappa shape index (κ1) is 12.9. The Labute approximate surface area is 109 Å². The number of hydrogen-bond donors (Lipinski definition) is 0. The van der Waals surface area contributed by atoms with Gasteiger partial charge in [-0.3, -0.25) is 0 Å². The lowest BCUT2D eigenvalue weighted by molar-refractivity contribution is 0.151. The van der Waals surface area contributed by atoms with Crippen LogP contribution in [-0.2, 0) is 6.42 Å². The van der Waals surface area contributed by atoms with E-state index < -0.39 is 6.43 Å². The van der Waals surface area contributed by atoms with Crippen LogP contribution in [0.3, 0.4) is 0 Å². The summed E-state index contributed by atoms with van der Waals surface area (Å²) in [6, 6.07) is 7.68. The summed E-state index contributed by atoms with van der Waals surface area (Å²) in [5.41, 5.74) is 1.28. The molecule has 0 atom stereocenters. The maximum atomic E-state index is 12.6. The second-order valence-electron chi connectivity index (χ2n) is 3.79. The van der Waals surface area contributed by atoms with E-state index in [1.807, 2.05) is 6.92 Å². The normalized spacial score (nSPS) is 10.9. The monoisotopic (exact) mass is 268 g/mol. The van der Waals surface area contributed by atoms with Crippen LogP contribution in [0.15, 0.2) is 30.3 Å². The van der Waals surface area contributed by atoms with Crippen molar-refractivity contribution in [3.8, 4) is 11.4 Å². The van der Waals surface area contributed by atoms with E-state index in [9.17, 15) is 8.78 Å². The highest BCUT2D eigenvalue weighted by Gasteiger charge is 2.10. The fourth-order valence-electron chi connectivity index (χ4n) is 1.59. The molecule has 0 aliphatic rings. The lowest BCUT2D eigenvalue weighted by Crippen LogP contribution is -1.95. The van der Waals surface area contributed by atoms with Gasteiger partial charge in [0.25, 0.3) is 6.43 Å². The molecule has 2 rings (SSSR count). The molecule has 0 saturated heterocycles. The molecule has 2 aromatic rings. The maximum Gasteiger partial charge on any atom is 0.263 e. The minimum atomic E-state index is -2.50. The number of benzene rings is 1. The van der Waals surface area contributed by atoms with Gasteiger partial charge in [0, 0.05) is 16.8 Å². The Balaban J connectivity index is 2.47. The van der Waals surface area contributed by atoms with Crippen LogP contribution in [0.2, 0.25) is 5.15 Å². The topological polar surface area (TPSA) is 25.8 Å². The van der Waals surface area contributed by atoms with Gasteiger partial charge in [0.15, 0.2) is 5.82 Å². The van der Waals surface area contributed by atoms with Crippen LogP contribution < -0.4 is 0 Å². The van der Waals surface area contributed by atoms with Crippen LogP contribution in [0.25, 0.3) is 11.4 Å². The Kier molecular flexibility index (Phi) is 3.87. The summed E-state index contributed by atoms with van der Waals surface area (Å²) in [6.45, 7) is 1.94. The lowest BCUT2D eigenvalue weighted by atomic mass is 10.1. The fraction of sp³-hybridized carbons (Fsp3) is 0.231. The molecule has 0 bridgehead atoms.